The quantitative estimate of drug-likeness (QED) is 0.653. The van der Waals surface area contributed by atoms with Crippen molar-refractivity contribution in [3.8, 4) is 0 Å². The molecule has 0 saturated heterocycles. The topological polar surface area (TPSA) is 102 Å². The third-order valence-corrected chi connectivity index (χ3v) is 2.54. The number of rotatable bonds is 7. The first-order chi connectivity index (χ1) is 9.16. The van der Waals surface area contributed by atoms with Crippen LogP contribution in [0.3, 0.4) is 0 Å². The molecule has 104 valence electrons. The van der Waals surface area contributed by atoms with Gasteiger partial charge in [-0.15, -0.1) is 0 Å². The van der Waals surface area contributed by atoms with E-state index in [9.17, 15) is 0 Å². The number of nitrogen functional groups attached to an aromatic ring is 1. The molecule has 0 radical (unpaired) electrons. The van der Waals surface area contributed by atoms with Crippen LogP contribution in [-0.2, 0) is 4.74 Å². The normalized spacial score (nSPS) is 11.3. The Bertz CT molecular complexity index is 524. The molecule has 0 atom stereocenters. The Balaban J connectivity index is 1.83. The van der Waals surface area contributed by atoms with Crippen molar-refractivity contribution in [3.63, 3.8) is 0 Å². The molecule has 4 N–H and O–H groups in total. The molecule has 0 aliphatic carbocycles. The van der Waals surface area contributed by atoms with Gasteiger partial charge in [0.1, 0.15) is 5.82 Å². The third kappa shape index (κ3) is 3.78. The summed E-state index contributed by atoms with van der Waals surface area (Å²) >= 11 is 0. The summed E-state index contributed by atoms with van der Waals surface area (Å²) in [6.45, 7) is 6.58. The maximum atomic E-state index is 5.63. The fourth-order valence-corrected chi connectivity index (χ4v) is 1.69. The van der Waals surface area contributed by atoms with E-state index in [0.29, 0.717) is 17.4 Å². The summed E-state index contributed by atoms with van der Waals surface area (Å²) in [5.41, 5.74) is 6.28. The number of anilines is 2. The van der Waals surface area contributed by atoms with Crippen molar-refractivity contribution in [1.82, 2.24) is 20.2 Å². The van der Waals surface area contributed by atoms with Crippen molar-refractivity contribution in [2.24, 2.45) is 5.92 Å². The third-order valence-electron chi connectivity index (χ3n) is 2.54. The summed E-state index contributed by atoms with van der Waals surface area (Å²) in [7, 11) is 0. The number of hydrogen-bond acceptors (Lipinski definition) is 6. The molecule has 7 heteroatoms. The van der Waals surface area contributed by atoms with Gasteiger partial charge < -0.3 is 15.8 Å². The highest BCUT2D eigenvalue weighted by Gasteiger charge is 2.07. The van der Waals surface area contributed by atoms with E-state index in [4.69, 9.17) is 10.5 Å². The molecule has 0 amide bonds. The van der Waals surface area contributed by atoms with E-state index < -0.39 is 0 Å². The van der Waals surface area contributed by atoms with Gasteiger partial charge in [0.05, 0.1) is 11.6 Å². The number of H-pyrrole nitrogens is 1. The zero-order chi connectivity index (χ0) is 13.7. The van der Waals surface area contributed by atoms with Crippen LogP contribution in [0.4, 0.5) is 11.8 Å². The summed E-state index contributed by atoms with van der Waals surface area (Å²) in [6, 6.07) is 0. The van der Waals surface area contributed by atoms with Crippen LogP contribution in [0.5, 0.6) is 0 Å². The first-order valence-corrected chi connectivity index (χ1v) is 6.45. The summed E-state index contributed by atoms with van der Waals surface area (Å²) in [4.78, 5) is 8.23. The van der Waals surface area contributed by atoms with E-state index in [1.807, 2.05) is 0 Å². The molecule has 7 nitrogen and oxygen atoms in total. The average Bonchev–Trinajstić information content (AvgIpc) is 2.80. The lowest BCUT2D eigenvalue weighted by atomic mass is 10.2. The minimum Gasteiger partial charge on any atom is -0.381 e. The molecule has 2 rings (SSSR count). The predicted molar refractivity (Wildman–Crippen MR) is 74.9 cm³/mol. The molecule has 0 aliphatic rings. The van der Waals surface area contributed by atoms with E-state index >= 15 is 0 Å². The standard InChI is InChI=1S/C12H20N6O/c1-8(2)7-19-5-3-4-14-10-9-6-15-18-11(9)17-12(13)16-10/h6,8H,3-5,7H2,1-2H3,(H4,13,14,15,16,17,18). The van der Waals surface area contributed by atoms with Gasteiger partial charge >= 0.3 is 0 Å². The van der Waals surface area contributed by atoms with Crippen LogP contribution < -0.4 is 11.1 Å². The van der Waals surface area contributed by atoms with Crippen LogP contribution in [0.15, 0.2) is 6.20 Å². The molecule has 0 aromatic carbocycles. The van der Waals surface area contributed by atoms with Gasteiger partial charge in [-0.3, -0.25) is 5.10 Å². The highest BCUT2D eigenvalue weighted by molar-refractivity contribution is 5.86. The number of ether oxygens (including phenoxy) is 1. The Hall–Kier alpha value is -1.89. The van der Waals surface area contributed by atoms with E-state index in [1.165, 1.54) is 0 Å². The Kier molecular flexibility index (Phi) is 4.51. The summed E-state index contributed by atoms with van der Waals surface area (Å²) in [5, 5.41) is 10.8. The monoisotopic (exact) mass is 264 g/mol. The molecule has 19 heavy (non-hydrogen) atoms. The van der Waals surface area contributed by atoms with Gasteiger partial charge in [0.25, 0.3) is 0 Å². The number of hydrogen-bond donors (Lipinski definition) is 3. The van der Waals surface area contributed by atoms with Gasteiger partial charge in [-0.2, -0.15) is 15.1 Å². The molecular weight excluding hydrogens is 244 g/mol. The molecule has 0 unspecified atom stereocenters. The van der Waals surface area contributed by atoms with E-state index in [2.05, 4.69) is 39.3 Å². The molecule has 0 spiro atoms. The second-order valence-electron chi connectivity index (χ2n) is 4.81. The highest BCUT2D eigenvalue weighted by Crippen LogP contribution is 2.18. The van der Waals surface area contributed by atoms with Crippen molar-refractivity contribution in [3.05, 3.63) is 6.20 Å². The molecule has 2 heterocycles. The average molecular weight is 264 g/mol. The van der Waals surface area contributed by atoms with Crippen molar-refractivity contribution >= 4 is 22.8 Å². The summed E-state index contributed by atoms with van der Waals surface area (Å²) in [6.07, 6.45) is 2.60. The molecule has 0 aliphatic heterocycles. The first-order valence-electron chi connectivity index (χ1n) is 6.45. The first kappa shape index (κ1) is 13.5. The van der Waals surface area contributed by atoms with Crippen LogP contribution >= 0.6 is 0 Å². The Labute approximate surface area is 112 Å². The largest absolute Gasteiger partial charge is 0.381 e. The number of fused-ring (bicyclic) bond motifs is 1. The molecule has 2 aromatic rings. The van der Waals surface area contributed by atoms with E-state index in [-0.39, 0.29) is 5.95 Å². The fourth-order valence-electron chi connectivity index (χ4n) is 1.69. The van der Waals surface area contributed by atoms with Gasteiger partial charge in [-0.1, -0.05) is 13.8 Å². The SMILES string of the molecule is CC(C)COCCCNc1nc(N)nc2[nH]ncc12. The molecule has 2 aromatic heterocycles. The van der Waals surface area contributed by atoms with E-state index in [0.717, 1.165) is 31.6 Å². The van der Waals surface area contributed by atoms with Gasteiger partial charge in [0.2, 0.25) is 5.95 Å². The Morgan fingerprint density at radius 2 is 2.26 bits per heavy atom. The summed E-state index contributed by atoms with van der Waals surface area (Å²) < 4.78 is 5.51. The highest BCUT2D eigenvalue weighted by atomic mass is 16.5. The predicted octanol–water partition coefficient (Wildman–Crippen LogP) is 1.41. The van der Waals surface area contributed by atoms with Gasteiger partial charge in [-0.25, -0.2) is 0 Å². The Morgan fingerprint density at radius 3 is 3.05 bits per heavy atom. The van der Waals surface area contributed by atoms with Crippen molar-refractivity contribution < 1.29 is 4.74 Å². The number of nitrogens with zero attached hydrogens (tertiary/aromatic N) is 3. The zero-order valence-corrected chi connectivity index (χ0v) is 11.3. The van der Waals surface area contributed by atoms with Gasteiger partial charge in [0.15, 0.2) is 5.65 Å². The van der Waals surface area contributed by atoms with Crippen LogP contribution in [-0.4, -0.2) is 39.9 Å². The minimum atomic E-state index is 0.232. The molecular formula is C12H20N6O. The number of aromatic amines is 1. The van der Waals surface area contributed by atoms with Gasteiger partial charge in [-0.05, 0) is 12.3 Å². The molecule has 0 bridgehead atoms. The second kappa shape index (κ2) is 6.33. The maximum absolute atomic E-state index is 5.63. The van der Waals surface area contributed by atoms with Crippen molar-refractivity contribution in [1.29, 1.82) is 0 Å². The van der Waals surface area contributed by atoms with Crippen molar-refractivity contribution in [2.45, 2.75) is 20.3 Å². The lowest BCUT2D eigenvalue weighted by molar-refractivity contribution is 0.110. The number of nitrogens with two attached hydrogens (primary N) is 1. The Morgan fingerprint density at radius 1 is 1.42 bits per heavy atom. The number of aromatic nitrogens is 4. The lowest BCUT2D eigenvalue weighted by Gasteiger charge is -2.08. The van der Waals surface area contributed by atoms with Crippen molar-refractivity contribution in [2.75, 3.05) is 30.8 Å². The van der Waals surface area contributed by atoms with E-state index in [1.54, 1.807) is 6.20 Å². The van der Waals surface area contributed by atoms with Crippen LogP contribution in [0.1, 0.15) is 20.3 Å². The second-order valence-corrected chi connectivity index (χ2v) is 4.81. The molecule has 0 saturated carbocycles. The maximum Gasteiger partial charge on any atom is 0.224 e. The van der Waals surface area contributed by atoms with Gasteiger partial charge in [0, 0.05) is 19.8 Å². The van der Waals surface area contributed by atoms with Crippen LogP contribution in [0.25, 0.3) is 11.0 Å². The molecule has 0 fully saturated rings. The van der Waals surface area contributed by atoms with Crippen LogP contribution in [0, 0.1) is 5.92 Å². The smallest absolute Gasteiger partial charge is 0.224 e. The number of nitrogens with one attached hydrogen (secondary N) is 2. The van der Waals surface area contributed by atoms with Crippen LogP contribution in [0.2, 0.25) is 0 Å². The lowest BCUT2D eigenvalue weighted by Crippen LogP contribution is -2.10. The minimum absolute atomic E-state index is 0.232. The summed E-state index contributed by atoms with van der Waals surface area (Å²) in [5.74, 6) is 1.51. The zero-order valence-electron chi connectivity index (χ0n) is 11.3. The fraction of sp³-hybridized carbons (Fsp3) is 0.583.